The minimum Gasteiger partial charge on any atom is -0.465 e. The van der Waals surface area contributed by atoms with Crippen LogP contribution in [0, 0.1) is 0 Å². The second-order valence-corrected chi connectivity index (χ2v) is 6.06. The fourth-order valence-electron chi connectivity index (χ4n) is 1.50. The topological polar surface area (TPSA) is 52.6 Å². The van der Waals surface area contributed by atoms with Crippen molar-refractivity contribution in [1.82, 2.24) is 0 Å². The van der Waals surface area contributed by atoms with Crippen molar-refractivity contribution in [3.05, 3.63) is 68.6 Å². The highest BCUT2D eigenvalue weighted by molar-refractivity contribution is 9.10. The highest BCUT2D eigenvalue weighted by Gasteiger charge is 2.04. The van der Waals surface area contributed by atoms with Crippen LogP contribution in [0.1, 0.15) is 27.6 Å². The van der Waals surface area contributed by atoms with Crippen LogP contribution in [0.25, 0.3) is 0 Å². The molecule has 4 nitrogen and oxygen atoms in total. The molecule has 0 spiro atoms. The molecule has 0 aliphatic rings. The molecule has 122 valence electrons. The van der Waals surface area contributed by atoms with Crippen LogP contribution in [0.4, 0.5) is 0 Å². The standard InChI is InChI=1S/C9H9BrO2.C8H7BrO2/c1-2-12-9(11)7-3-5-8(10)6-4-7;1-11-8(10)6-2-4-7(9)5-3-6/h3-6H,2H2,1H3;2-5H,1H3. The highest BCUT2D eigenvalue weighted by atomic mass is 79.9. The number of hydrogen-bond donors (Lipinski definition) is 0. The Bertz CT molecular complexity index is 637. The van der Waals surface area contributed by atoms with Crippen LogP contribution < -0.4 is 0 Å². The number of benzene rings is 2. The number of esters is 2. The van der Waals surface area contributed by atoms with E-state index in [0.29, 0.717) is 17.7 Å². The van der Waals surface area contributed by atoms with Crippen molar-refractivity contribution >= 4 is 43.8 Å². The zero-order valence-electron chi connectivity index (χ0n) is 12.7. The van der Waals surface area contributed by atoms with Gasteiger partial charge >= 0.3 is 11.9 Å². The maximum absolute atomic E-state index is 11.1. The minimum atomic E-state index is -0.308. The van der Waals surface area contributed by atoms with Gasteiger partial charge in [0.1, 0.15) is 0 Å². The Kier molecular flexibility index (Phi) is 8.58. The van der Waals surface area contributed by atoms with Crippen molar-refractivity contribution in [2.24, 2.45) is 0 Å². The Morgan fingerprint density at radius 3 is 1.57 bits per heavy atom. The molecule has 0 heterocycles. The minimum absolute atomic E-state index is 0.273. The molecule has 2 aromatic carbocycles. The number of carbonyl (C=O) groups excluding carboxylic acids is 2. The van der Waals surface area contributed by atoms with Gasteiger partial charge in [-0.25, -0.2) is 9.59 Å². The van der Waals surface area contributed by atoms with Gasteiger partial charge in [-0.2, -0.15) is 0 Å². The second-order valence-electron chi connectivity index (χ2n) is 4.23. The molecule has 0 aliphatic heterocycles. The molecule has 0 N–H and O–H groups in total. The molecule has 0 radical (unpaired) electrons. The molecule has 0 amide bonds. The van der Waals surface area contributed by atoms with Gasteiger partial charge in [0.25, 0.3) is 0 Å². The molecule has 0 fully saturated rings. The number of ether oxygens (including phenoxy) is 2. The summed E-state index contributed by atoms with van der Waals surface area (Å²) in [7, 11) is 1.37. The van der Waals surface area contributed by atoms with E-state index < -0.39 is 0 Å². The van der Waals surface area contributed by atoms with E-state index in [1.54, 1.807) is 43.3 Å². The van der Waals surface area contributed by atoms with Gasteiger partial charge in [0.15, 0.2) is 0 Å². The van der Waals surface area contributed by atoms with Gasteiger partial charge in [-0.1, -0.05) is 31.9 Å². The fraction of sp³-hybridized carbons (Fsp3) is 0.176. The van der Waals surface area contributed by atoms with Crippen molar-refractivity contribution in [1.29, 1.82) is 0 Å². The van der Waals surface area contributed by atoms with Crippen molar-refractivity contribution in [3.8, 4) is 0 Å². The van der Waals surface area contributed by atoms with E-state index >= 15 is 0 Å². The summed E-state index contributed by atoms with van der Waals surface area (Å²) in [5.41, 5.74) is 1.15. The summed E-state index contributed by atoms with van der Waals surface area (Å²) >= 11 is 6.55. The average Bonchev–Trinajstić information content (AvgIpc) is 2.56. The molecule has 2 rings (SSSR count). The number of rotatable bonds is 3. The van der Waals surface area contributed by atoms with Crippen LogP contribution in [0.15, 0.2) is 57.5 Å². The van der Waals surface area contributed by atoms with Crippen molar-refractivity contribution < 1.29 is 19.1 Å². The van der Waals surface area contributed by atoms with E-state index in [-0.39, 0.29) is 11.9 Å². The molecule has 6 heteroatoms. The van der Waals surface area contributed by atoms with Crippen LogP contribution in [-0.4, -0.2) is 25.7 Å². The van der Waals surface area contributed by atoms with E-state index in [0.717, 1.165) is 8.95 Å². The van der Waals surface area contributed by atoms with Gasteiger partial charge in [0.2, 0.25) is 0 Å². The van der Waals surface area contributed by atoms with E-state index in [9.17, 15) is 9.59 Å². The quantitative estimate of drug-likeness (QED) is 0.635. The molecule has 0 saturated carbocycles. The van der Waals surface area contributed by atoms with Gasteiger partial charge in [-0.3, -0.25) is 0 Å². The summed E-state index contributed by atoms with van der Waals surface area (Å²) in [6.07, 6.45) is 0. The normalized spacial score (nSPS) is 9.39. The summed E-state index contributed by atoms with van der Waals surface area (Å²) in [6, 6.07) is 14.1. The van der Waals surface area contributed by atoms with Crippen molar-refractivity contribution in [3.63, 3.8) is 0 Å². The molecule has 2 aromatic rings. The van der Waals surface area contributed by atoms with Crippen LogP contribution >= 0.6 is 31.9 Å². The van der Waals surface area contributed by atoms with Gasteiger partial charge in [-0.05, 0) is 55.5 Å². The predicted molar refractivity (Wildman–Crippen MR) is 95.6 cm³/mol. The predicted octanol–water partition coefficient (Wildman–Crippen LogP) is 4.86. The van der Waals surface area contributed by atoms with Crippen molar-refractivity contribution in [2.75, 3.05) is 13.7 Å². The summed E-state index contributed by atoms with van der Waals surface area (Å²) in [4.78, 5) is 22.0. The smallest absolute Gasteiger partial charge is 0.338 e. The van der Waals surface area contributed by atoms with Crippen LogP contribution in [0.3, 0.4) is 0 Å². The lowest BCUT2D eigenvalue weighted by molar-refractivity contribution is 0.0525. The van der Waals surface area contributed by atoms with Gasteiger partial charge in [0.05, 0.1) is 24.8 Å². The number of halogens is 2. The largest absolute Gasteiger partial charge is 0.465 e. The first-order valence-electron chi connectivity index (χ1n) is 6.74. The Morgan fingerprint density at radius 1 is 0.826 bits per heavy atom. The number of methoxy groups -OCH3 is 1. The molecule has 0 aliphatic carbocycles. The molecule has 0 saturated heterocycles. The zero-order valence-corrected chi connectivity index (χ0v) is 15.9. The summed E-state index contributed by atoms with van der Waals surface area (Å²) < 4.78 is 11.2. The fourth-order valence-corrected chi connectivity index (χ4v) is 2.03. The average molecular weight is 444 g/mol. The Morgan fingerprint density at radius 2 is 1.22 bits per heavy atom. The first-order chi connectivity index (χ1) is 11.0. The Labute approximate surface area is 152 Å². The molecule has 0 unspecified atom stereocenters. The number of carbonyl (C=O) groups is 2. The lowest BCUT2D eigenvalue weighted by Gasteiger charge is -2.00. The SMILES string of the molecule is CCOC(=O)c1ccc(Br)cc1.COC(=O)c1ccc(Br)cc1. The molecule has 0 bridgehead atoms. The highest BCUT2D eigenvalue weighted by Crippen LogP contribution is 2.11. The van der Waals surface area contributed by atoms with E-state index in [4.69, 9.17) is 4.74 Å². The first-order valence-corrected chi connectivity index (χ1v) is 8.33. The van der Waals surface area contributed by atoms with E-state index in [2.05, 4.69) is 36.6 Å². The van der Waals surface area contributed by atoms with Crippen LogP contribution in [0.5, 0.6) is 0 Å². The molecule has 0 aromatic heterocycles. The summed E-state index contributed by atoms with van der Waals surface area (Å²) in [5.74, 6) is -0.581. The third-order valence-electron chi connectivity index (χ3n) is 2.62. The Hall–Kier alpha value is -1.66. The van der Waals surface area contributed by atoms with E-state index in [1.165, 1.54) is 7.11 Å². The van der Waals surface area contributed by atoms with Gasteiger partial charge in [-0.15, -0.1) is 0 Å². The molecular weight excluding hydrogens is 428 g/mol. The number of hydrogen-bond acceptors (Lipinski definition) is 4. The Balaban J connectivity index is 0.000000231. The second kappa shape index (κ2) is 10.2. The maximum atomic E-state index is 11.1. The third-order valence-corrected chi connectivity index (χ3v) is 3.68. The first kappa shape index (κ1) is 19.4. The molecular formula is C17H16Br2O4. The molecule has 0 atom stereocenters. The molecule has 23 heavy (non-hydrogen) atoms. The van der Waals surface area contributed by atoms with Crippen LogP contribution in [-0.2, 0) is 9.47 Å². The maximum Gasteiger partial charge on any atom is 0.338 e. The lowest BCUT2D eigenvalue weighted by atomic mass is 10.2. The van der Waals surface area contributed by atoms with Crippen molar-refractivity contribution in [2.45, 2.75) is 6.92 Å². The summed E-state index contributed by atoms with van der Waals surface area (Å²) in [6.45, 7) is 2.20. The third kappa shape index (κ3) is 6.97. The lowest BCUT2D eigenvalue weighted by Crippen LogP contribution is -2.03. The zero-order chi connectivity index (χ0) is 17.2. The monoisotopic (exact) mass is 442 g/mol. The van der Waals surface area contributed by atoms with Gasteiger partial charge in [0, 0.05) is 8.95 Å². The van der Waals surface area contributed by atoms with Crippen LogP contribution in [0.2, 0.25) is 0 Å². The van der Waals surface area contributed by atoms with E-state index in [1.807, 2.05) is 12.1 Å². The van der Waals surface area contributed by atoms with Gasteiger partial charge < -0.3 is 9.47 Å². The summed E-state index contributed by atoms with van der Waals surface area (Å²) in [5, 5.41) is 0.